The summed E-state index contributed by atoms with van der Waals surface area (Å²) in [5.41, 5.74) is 0.727. The lowest BCUT2D eigenvalue weighted by molar-refractivity contribution is -0.138. The summed E-state index contributed by atoms with van der Waals surface area (Å²) in [6.07, 6.45) is 5.54. The van der Waals surface area contributed by atoms with Gasteiger partial charge in [-0.15, -0.1) is 0 Å². The maximum atomic E-state index is 12.6. The van der Waals surface area contributed by atoms with Gasteiger partial charge >= 0.3 is 5.97 Å². The van der Waals surface area contributed by atoms with Gasteiger partial charge in [0.2, 0.25) is 5.95 Å². The lowest BCUT2D eigenvalue weighted by Crippen LogP contribution is -2.48. The number of piperidine rings is 1. The van der Waals surface area contributed by atoms with E-state index >= 15 is 0 Å². The van der Waals surface area contributed by atoms with Crippen LogP contribution in [0.4, 0.5) is 23.3 Å². The average molecular weight is 505 g/mol. The van der Waals surface area contributed by atoms with Crippen LogP contribution in [0.2, 0.25) is 0 Å². The third-order valence-electron chi connectivity index (χ3n) is 6.85. The molecule has 0 bridgehead atoms. The van der Waals surface area contributed by atoms with E-state index in [0.717, 1.165) is 31.7 Å². The Morgan fingerprint density at radius 2 is 1.89 bits per heavy atom. The van der Waals surface area contributed by atoms with Gasteiger partial charge in [0.05, 0.1) is 30.7 Å². The predicted octanol–water partition coefficient (Wildman–Crippen LogP) is 1.19. The number of carboxylic acid groups (broad SMARTS) is 1. The molecule has 192 valence electrons. The summed E-state index contributed by atoms with van der Waals surface area (Å²) in [7, 11) is 0. The Morgan fingerprint density at radius 1 is 1.11 bits per heavy atom. The highest BCUT2D eigenvalue weighted by molar-refractivity contribution is 5.90. The van der Waals surface area contributed by atoms with Crippen LogP contribution in [0, 0.1) is 17.2 Å². The monoisotopic (exact) mass is 504 g/mol. The highest BCUT2D eigenvalue weighted by Crippen LogP contribution is 2.27. The molecule has 0 radical (unpaired) electrons. The summed E-state index contributed by atoms with van der Waals surface area (Å²) in [6, 6.07) is 6.03. The van der Waals surface area contributed by atoms with Gasteiger partial charge in [0.1, 0.15) is 22.5 Å². The summed E-state index contributed by atoms with van der Waals surface area (Å²) in [4.78, 5) is 43.5. The summed E-state index contributed by atoms with van der Waals surface area (Å²) >= 11 is 0. The minimum Gasteiger partial charge on any atom is -0.480 e. The summed E-state index contributed by atoms with van der Waals surface area (Å²) < 4.78 is 0. The van der Waals surface area contributed by atoms with Gasteiger partial charge < -0.3 is 20.2 Å². The van der Waals surface area contributed by atoms with Crippen LogP contribution in [0.15, 0.2) is 29.3 Å². The summed E-state index contributed by atoms with van der Waals surface area (Å²) in [6.45, 7) is 4.24. The van der Waals surface area contributed by atoms with Gasteiger partial charge in [-0.1, -0.05) is 0 Å². The number of piperazine rings is 1. The number of nitrogens with one attached hydrogen (secondary N) is 2. The molecule has 2 aliphatic rings. The van der Waals surface area contributed by atoms with E-state index in [-0.39, 0.29) is 12.1 Å². The van der Waals surface area contributed by atoms with Crippen LogP contribution in [0.5, 0.6) is 0 Å². The van der Waals surface area contributed by atoms with E-state index in [2.05, 4.69) is 41.4 Å². The topological polar surface area (TPSA) is 167 Å². The molecule has 0 spiro atoms. The minimum atomic E-state index is -0.819. The molecule has 2 aliphatic heterocycles. The first-order valence-corrected chi connectivity index (χ1v) is 12.3. The number of fused-ring (bicyclic) bond motifs is 1. The second-order valence-electron chi connectivity index (χ2n) is 9.31. The van der Waals surface area contributed by atoms with Crippen molar-refractivity contribution < 1.29 is 9.90 Å². The Kier molecular flexibility index (Phi) is 7.09. The number of hydrogen-bond donors (Lipinski definition) is 3. The third kappa shape index (κ3) is 5.59. The number of nitrogens with zero attached hydrogens (tertiary/aromatic N) is 8. The Labute approximate surface area is 212 Å². The molecule has 2 fully saturated rings. The molecule has 0 saturated carbocycles. The van der Waals surface area contributed by atoms with E-state index in [9.17, 15) is 9.59 Å². The fourth-order valence-corrected chi connectivity index (χ4v) is 4.80. The second-order valence-corrected chi connectivity index (χ2v) is 9.31. The maximum Gasteiger partial charge on any atom is 0.317 e. The second kappa shape index (κ2) is 10.8. The largest absolute Gasteiger partial charge is 0.480 e. The molecule has 5 heterocycles. The van der Waals surface area contributed by atoms with Crippen LogP contribution in [-0.2, 0) is 4.79 Å². The Bertz CT molecular complexity index is 1350. The zero-order valence-electron chi connectivity index (χ0n) is 20.3. The van der Waals surface area contributed by atoms with Gasteiger partial charge in [-0.05, 0) is 30.9 Å². The van der Waals surface area contributed by atoms with Crippen LogP contribution < -0.4 is 20.7 Å². The zero-order valence-corrected chi connectivity index (χ0v) is 20.3. The standard InChI is InChI=1S/C24H28N10O3/c25-6-3-16-4-7-34(8-5-16)24-29-18-14-27-31-23(37)21(18)22(30-24)28-17-1-2-19(26-13-17)33-11-9-32(10-12-33)15-20(35)36/h1-2,13-14,16H,3-5,7-12,15H2,(H,31,37)(H,35,36)(H,28,29,30). The zero-order chi connectivity index (χ0) is 25.8. The molecule has 13 heteroatoms. The van der Waals surface area contributed by atoms with Crippen molar-refractivity contribution in [2.75, 3.05) is 60.9 Å². The van der Waals surface area contributed by atoms with Crippen molar-refractivity contribution in [3.8, 4) is 6.07 Å². The fraction of sp³-hybridized carbons (Fsp3) is 0.458. The molecule has 37 heavy (non-hydrogen) atoms. The number of aliphatic carboxylic acids is 1. The molecule has 0 aliphatic carbocycles. The van der Waals surface area contributed by atoms with E-state index < -0.39 is 5.97 Å². The Balaban J connectivity index is 1.33. The third-order valence-corrected chi connectivity index (χ3v) is 6.85. The first kappa shape index (κ1) is 24.4. The summed E-state index contributed by atoms with van der Waals surface area (Å²) in [5, 5.41) is 27.9. The van der Waals surface area contributed by atoms with E-state index in [1.165, 1.54) is 6.20 Å². The first-order valence-electron chi connectivity index (χ1n) is 12.3. The van der Waals surface area contributed by atoms with Crippen molar-refractivity contribution in [1.82, 2.24) is 30.0 Å². The molecule has 3 aromatic heterocycles. The van der Waals surface area contributed by atoms with Crippen molar-refractivity contribution in [3.05, 3.63) is 34.9 Å². The Hall–Kier alpha value is -4.31. The smallest absolute Gasteiger partial charge is 0.317 e. The van der Waals surface area contributed by atoms with Crippen molar-refractivity contribution >= 4 is 40.1 Å². The molecular formula is C24H28N10O3. The number of aromatic amines is 1. The molecule has 3 aromatic rings. The molecule has 0 atom stereocenters. The number of carboxylic acids is 1. The molecule has 0 amide bonds. The van der Waals surface area contributed by atoms with E-state index in [1.54, 1.807) is 6.20 Å². The quantitative estimate of drug-likeness (QED) is 0.421. The van der Waals surface area contributed by atoms with Crippen LogP contribution >= 0.6 is 0 Å². The van der Waals surface area contributed by atoms with Gasteiger partial charge in [-0.25, -0.2) is 15.1 Å². The predicted molar refractivity (Wildman–Crippen MR) is 137 cm³/mol. The Morgan fingerprint density at radius 3 is 2.57 bits per heavy atom. The molecule has 0 unspecified atom stereocenters. The van der Waals surface area contributed by atoms with Crippen molar-refractivity contribution in [2.45, 2.75) is 19.3 Å². The number of aromatic nitrogens is 5. The van der Waals surface area contributed by atoms with Crippen LogP contribution in [0.25, 0.3) is 10.9 Å². The lowest BCUT2D eigenvalue weighted by atomic mass is 9.94. The molecule has 5 rings (SSSR count). The SMILES string of the molecule is N#CCC1CCN(c2nc(Nc3ccc(N4CCN(CC(=O)O)CC4)nc3)c3c(=O)[nH]ncc3n2)CC1. The first-order chi connectivity index (χ1) is 18.0. The molecule has 2 saturated heterocycles. The van der Waals surface area contributed by atoms with Crippen molar-refractivity contribution in [1.29, 1.82) is 5.26 Å². The normalized spacial score (nSPS) is 17.1. The van der Waals surface area contributed by atoms with Gasteiger partial charge in [0.15, 0.2) is 0 Å². The minimum absolute atomic E-state index is 0.0472. The van der Waals surface area contributed by atoms with Gasteiger partial charge in [-0.3, -0.25) is 14.5 Å². The van der Waals surface area contributed by atoms with Gasteiger partial charge in [-0.2, -0.15) is 15.3 Å². The number of rotatable bonds is 7. The number of pyridine rings is 1. The van der Waals surface area contributed by atoms with E-state index in [0.29, 0.717) is 66.9 Å². The van der Waals surface area contributed by atoms with Gasteiger partial charge in [0, 0.05) is 45.7 Å². The highest BCUT2D eigenvalue weighted by Gasteiger charge is 2.23. The fourth-order valence-electron chi connectivity index (χ4n) is 4.80. The van der Waals surface area contributed by atoms with E-state index in [4.69, 9.17) is 15.4 Å². The van der Waals surface area contributed by atoms with Crippen molar-refractivity contribution in [2.24, 2.45) is 5.92 Å². The number of nitriles is 1. The molecule has 13 nitrogen and oxygen atoms in total. The van der Waals surface area contributed by atoms with Crippen LogP contribution in [0.1, 0.15) is 19.3 Å². The average Bonchev–Trinajstić information content (AvgIpc) is 2.90. The number of hydrogen-bond acceptors (Lipinski definition) is 11. The maximum absolute atomic E-state index is 12.6. The number of anilines is 4. The van der Waals surface area contributed by atoms with E-state index in [1.807, 2.05) is 17.0 Å². The van der Waals surface area contributed by atoms with Gasteiger partial charge in [0.25, 0.3) is 5.56 Å². The number of carbonyl (C=O) groups is 1. The molecular weight excluding hydrogens is 476 g/mol. The molecule has 3 N–H and O–H groups in total. The molecule has 0 aromatic carbocycles. The summed E-state index contributed by atoms with van der Waals surface area (Å²) in [5.74, 6) is 1.26. The lowest BCUT2D eigenvalue weighted by Gasteiger charge is -2.34. The van der Waals surface area contributed by atoms with Crippen LogP contribution in [-0.4, -0.2) is 86.9 Å². The van der Waals surface area contributed by atoms with Crippen molar-refractivity contribution in [3.63, 3.8) is 0 Å². The number of H-pyrrole nitrogens is 1. The highest BCUT2D eigenvalue weighted by atomic mass is 16.4. The van der Waals surface area contributed by atoms with Crippen LogP contribution in [0.3, 0.4) is 0 Å².